The molecule has 0 saturated carbocycles. The molecule has 2 heteroatoms. The van der Waals surface area contributed by atoms with Crippen LogP contribution in [0.1, 0.15) is 122 Å². The Kier molecular flexibility index (Phi) is 9.80. The standard InChI is InChI=1S/C62H64N2/c1-12-32-62(11)33-30-42(31-34-62)41-21-25-45(26-22-41)63(57-39-54-58(49-19-14-13-18-48(49)57)50-27-20-40(2)35-53(50)61(54,9)10)46-16-15-17-47(38-46)64-55-28-23-43(59(3,4)5)36-51(55)52-37-44(60(6,7)8)24-29-56(52)64/h13-31,33,35-39H,12,32,34H2,1-11H3. The van der Waals surface area contributed by atoms with Gasteiger partial charge in [-0.2, -0.15) is 0 Å². The number of anilines is 3. The minimum Gasteiger partial charge on any atom is -0.310 e. The van der Waals surface area contributed by atoms with E-state index in [0.717, 1.165) is 23.5 Å². The molecule has 0 N–H and O–H groups in total. The van der Waals surface area contributed by atoms with Crippen LogP contribution in [0.15, 0.2) is 152 Å². The Labute approximate surface area is 382 Å². The molecule has 64 heavy (non-hydrogen) atoms. The van der Waals surface area contributed by atoms with Gasteiger partial charge in [0.2, 0.25) is 0 Å². The maximum atomic E-state index is 2.52. The second-order valence-corrected chi connectivity index (χ2v) is 21.8. The molecule has 8 aromatic rings. The second kappa shape index (κ2) is 15.0. The largest absolute Gasteiger partial charge is 0.310 e. The Bertz CT molecular complexity index is 3130. The summed E-state index contributed by atoms with van der Waals surface area (Å²) in [4.78, 5) is 2.52. The third kappa shape index (κ3) is 6.93. The van der Waals surface area contributed by atoms with Gasteiger partial charge in [0.1, 0.15) is 0 Å². The van der Waals surface area contributed by atoms with Gasteiger partial charge in [0.05, 0.1) is 16.7 Å². The van der Waals surface area contributed by atoms with E-state index >= 15 is 0 Å². The number of benzene rings is 7. The van der Waals surface area contributed by atoms with Crippen molar-refractivity contribution in [2.45, 2.75) is 112 Å². The summed E-state index contributed by atoms with van der Waals surface area (Å²) in [6.45, 7) is 25.6. The number of aryl methyl sites for hydroxylation is 1. The van der Waals surface area contributed by atoms with Gasteiger partial charge >= 0.3 is 0 Å². The highest BCUT2D eigenvalue weighted by Crippen LogP contribution is 2.55. The van der Waals surface area contributed by atoms with Crippen molar-refractivity contribution in [2.75, 3.05) is 4.90 Å². The molecule has 10 rings (SSSR count). The van der Waals surface area contributed by atoms with Crippen LogP contribution in [-0.4, -0.2) is 4.57 Å². The minimum absolute atomic E-state index is 0.0348. The average Bonchev–Trinajstić information content (AvgIpc) is 3.71. The minimum atomic E-state index is -0.167. The summed E-state index contributed by atoms with van der Waals surface area (Å²) >= 11 is 0. The first-order valence-corrected chi connectivity index (χ1v) is 23.6. The summed E-state index contributed by atoms with van der Waals surface area (Å²) in [5, 5.41) is 5.14. The van der Waals surface area contributed by atoms with Crippen molar-refractivity contribution in [1.82, 2.24) is 4.57 Å². The van der Waals surface area contributed by atoms with E-state index in [4.69, 9.17) is 0 Å². The van der Waals surface area contributed by atoms with Crippen LogP contribution in [0.25, 0.3) is 55.0 Å². The highest BCUT2D eigenvalue weighted by Gasteiger charge is 2.38. The van der Waals surface area contributed by atoms with Crippen LogP contribution in [0.3, 0.4) is 0 Å². The molecule has 1 unspecified atom stereocenters. The molecule has 1 atom stereocenters. The monoisotopic (exact) mass is 837 g/mol. The lowest BCUT2D eigenvalue weighted by Gasteiger charge is -2.30. The van der Waals surface area contributed by atoms with Crippen molar-refractivity contribution >= 4 is 55.2 Å². The molecule has 2 nitrogen and oxygen atoms in total. The fourth-order valence-corrected chi connectivity index (χ4v) is 10.8. The third-order valence-corrected chi connectivity index (χ3v) is 14.6. The van der Waals surface area contributed by atoms with E-state index in [0.29, 0.717) is 0 Å². The van der Waals surface area contributed by atoms with Crippen molar-refractivity contribution in [3.8, 4) is 16.8 Å². The quantitative estimate of drug-likeness (QED) is 0.155. The molecule has 0 bridgehead atoms. The van der Waals surface area contributed by atoms with Crippen molar-refractivity contribution in [3.63, 3.8) is 0 Å². The van der Waals surface area contributed by atoms with Crippen LogP contribution < -0.4 is 4.90 Å². The van der Waals surface area contributed by atoms with E-state index in [1.165, 1.54) is 101 Å². The van der Waals surface area contributed by atoms with E-state index in [-0.39, 0.29) is 21.7 Å². The van der Waals surface area contributed by atoms with E-state index in [2.05, 4.69) is 237 Å². The first kappa shape index (κ1) is 41.9. The fourth-order valence-electron chi connectivity index (χ4n) is 10.8. The first-order chi connectivity index (χ1) is 30.4. The molecule has 0 fully saturated rings. The highest BCUT2D eigenvalue weighted by molar-refractivity contribution is 6.11. The number of fused-ring (bicyclic) bond motifs is 8. The molecule has 322 valence electrons. The van der Waals surface area contributed by atoms with Crippen molar-refractivity contribution in [2.24, 2.45) is 5.41 Å². The van der Waals surface area contributed by atoms with E-state index in [1.54, 1.807) is 0 Å². The van der Waals surface area contributed by atoms with Crippen molar-refractivity contribution in [1.29, 1.82) is 0 Å². The van der Waals surface area contributed by atoms with Crippen molar-refractivity contribution in [3.05, 3.63) is 185 Å². The maximum Gasteiger partial charge on any atom is 0.0543 e. The molecular formula is C62H64N2. The molecule has 2 aliphatic rings. The number of aromatic nitrogens is 1. The topological polar surface area (TPSA) is 8.17 Å². The molecule has 7 aromatic carbocycles. The molecule has 0 amide bonds. The van der Waals surface area contributed by atoms with Gasteiger partial charge in [0.15, 0.2) is 0 Å². The summed E-state index contributed by atoms with van der Waals surface area (Å²) < 4.78 is 2.49. The normalized spacial score (nSPS) is 17.0. The summed E-state index contributed by atoms with van der Waals surface area (Å²) in [5.74, 6) is 0. The van der Waals surface area contributed by atoms with Gasteiger partial charge in [0.25, 0.3) is 0 Å². The highest BCUT2D eigenvalue weighted by atomic mass is 15.1. The smallest absolute Gasteiger partial charge is 0.0543 e. The van der Waals surface area contributed by atoms with E-state index in [1.807, 2.05) is 0 Å². The van der Waals surface area contributed by atoms with Gasteiger partial charge in [-0.3, -0.25) is 0 Å². The van der Waals surface area contributed by atoms with Crippen LogP contribution in [0.2, 0.25) is 0 Å². The van der Waals surface area contributed by atoms with Gasteiger partial charge in [-0.05, 0) is 147 Å². The Morgan fingerprint density at radius 1 is 0.609 bits per heavy atom. The molecular weight excluding hydrogens is 773 g/mol. The third-order valence-electron chi connectivity index (χ3n) is 14.6. The van der Waals surface area contributed by atoms with Crippen molar-refractivity contribution < 1.29 is 0 Å². The Morgan fingerprint density at radius 3 is 1.88 bits per heavy atom. The summed E-state index contributed by atoms with van der Waals surface area (Å²) in [5.41, 5.74) is 19.2. The number of hydrogen-bond acceptors (Lipinski definition) is 1. The molecule has 0 aliphatic heterocycles. The summed E-state index contributed by atoms with van der Waals surface area (Å²) in [6, 6.07) is 51.5. The zero-order valence-electron chi connectivity index (χ0n) is 39.9. The van der Waals surface area contributed by atoms with Gasteiger partial charge in [-0.25, -0.2) is 0 Å². The number of allylic oxidation sites excluding steroid dienone is 4. The van der Waals surface area contributed by atoms with E-state index in [9.17, 15) is 0 Å². The lowest BCUT2D eigenvalue weighted by Crippen LogP contribution is -2.17. The van der Waals surface area contributed by atoms with Crippen LogP contribution in [0.5, 0.6) is 0 Å². The zero-order chi connectivity index (χ0) is 44.9. The molecule has 0 spiro atoms. The van der Waals surface area contributed by atoms with Crippen LogP contribution in [0.4, 0.5) is 17.1 Å². The van der Waals surface area contributed by atoms with Gasteiger partial charge in [0, 0.05) is 38.6 Å². The van der Waals surface area contributed by atoms with Crippen LogP contribution >= 0.6 is 0 Å². The van der Waals surface area contributed by atoms with Gasteiger partial charge in [-0.1, -0.05) is 172 Å². The van der Waals surface area contributed by atoms with E-state index < -0.39 is 0 Å². The predicted molar refractivity (Wildman–Crippen MR) is 277 cm³/mol. The molecule has 1 heterocycles. The van der Waals surface area contributed by atoms with Gasteiger partial charge < -0.3 is 9.47 Å². The van der Waals surface area contributed by atoms with Gasteiger partial charge in [-0.15, -0.1) is 0 Å². The maximum absolute atomic E-state index is 2.52. The zero-order valence-corrected chi connectivity index (χ0v) is 39.9. The number of rotatable bonds is 7. The first-order valence-electron chi connectivity index (χ1n) is 23.6. The molecule has 2 aliphatic carbocycles. The molecule has 0 saturated heterocycles. The van der Waals surface area contributed by atoms with Crippen LogP contribution in [-0.2, 0) is 16.2 Å². The Morgan fingerprint density at radius 2 is 1.27 bits per heavy atom. The SMILES string of the molecule is CCCC1(C)C=CC(c2ccc(N(c3cccc(-n4c5ccc(C(C)(C)C)cc5c5cc(C(C)(C)C)ccc54)c3)c3cc4c(c5ccccc35)-c3ccc(C)cc3C4(C)C)cc2)=CC1. The fraction of sp³-hybridized carbons (Fsp3) is 0.290. The lowest BCUT2D eigenvalue weighted by molar-refractivity contribution is 0.389. The Hall–Kier alpha value is -6.12. The lowest BCUT2D eigenvalue weighted by atomic mass is 9.77. The predicted octanol–water partition coefficient (Wildman–Crippen LogP) is 17.8. The molecule has 0 radical (unpaired) electrons. The summed E-state index contributed by atoms with van der Waals surface area (Å²) in [6.07, 6.45) is 10.7. The number of hydrogen-bond donors (Lipinski definition) is 0. The molecule has 1 aromatic heterocycles. The number of nitrogens with zero attached hydrogens (tertiary/aromatic N) is 2. The second-order valence-electron chi connectivity index (χ2n) is 21.8. The average molecular weight is 837 g/mol. The summed E-state index contributed by atoms with van der Waals surface area (Å²) in [7, 11) is 0. The van der Waals surface area contributed by atoms with Crippen LogP contribution in [0, 0.1) is 12.3 Å². The Balaban J connectivity index is 1.19.